The minimum Gasteiger partial charge on any atom is -0.358 e. The fourth-order valence-corrected chi connectivity index (χ4v) is 6.51. The van der Waals surface area contributed by atoms with Crippen LogP contribution >= 0.6 is 11.6 Å². The van der Waals surface area contributed by atoms with E-state index in [0.29, 0.717) is 28.9 Å². The van der Waals surface area contributed by atoms with Gasteiger partial charge in [-0.25, -0.2) is 13.1 Å². The number of hydrogen-bond acceptors (Lipinski definition) is 5. The summed E-state index contributed by atoms with van der Waals surface area (Å²) in [5, 5.41) is 3.85. The van der Waals surface area contributed by atoms with Crippen molar-refractivity contribution in [1.82, 2.24) is 10.0 Å². The van der Waals surface area contributed by atoms with Gasteiger partial charge in [0.25, 0.3) is 0 Å². The zero-order valence-corrected chi connectivity index (χ0v) is 18.0. The maximum atomic E-state index is 12.8. The smallest absolute Gasteiger partial charge is 0.241 e. The Bertz CT molecular complexity index is 967. The molecule has 0 amide bonds. The van der Waals surface area contributed by atoms with Crippen molar-refractivity contribution in [3.8, 4) is 0 Å². The molecule has 0 radical (unpaired) electrons. The SMILES string of the molecule is CCCN1CS(=O)c2c1cccc2S(=O)(=O)NCCNCc1cccc(Cl)c1. The molecule has 0 spiro atoms. The third-order valence-electron chi connectivity index (χ3n) is 4.39. The van der Waals surface area contributed by atoms with E-state index < -0.39 is 20.8 Å². The molecule has 1 unspecified atom stereocenters. The second kappa shape index (κ2) is 9.37. The van der Waals surface area contributed by atoms with Crippen molar-refractivity contribution in [3.63, 3.8) is 0 Å². The predicted molar refractivity (Wildman–Crippen MR) is 114 cm³/mol. The third kappa shape index (κ3) is 4.93. The molecular formula is C19H24ClN3O3S2. The number of fused-ring (bicyclic) bond motifs is 1. The lowest BCUT2D eigenvalue weighted by Gasteiger charge is -2.17. The number of anilines is 1. The van der Waals surface area contributed by atoms with Gasteiger partial charge in [-0.15, -0.1) is 0 Å². The van der Waals surface area contributed by atoms with Crippen LogP contribution < -0.4 is 14.9 Å². The Hall–Kier alpha value is -1.45. The molecule has 3 rings (SSSR count). The van der Waals surface area contributed by atoms with Gasteiger partial charge in [-0.2, -0.15) is 0 Å². The van der Waals surface area contributed by atoms with Crippen LogP contribution in [0.25, 0.3) is 0 Å². The lowest BCUT2D eigenvalue weighted by molar-refractivity contribution is 0.573. The van der Waals surface area contributed by atoms with Gasteiger partial charge in [0.15, 0.2) is 0 Å². The molecule has 0 aliphatic carbocycles. The van der Waals surface area contributed by atoms with Crippen LogP contribution in [0, 0.1) is 0 Å². The van der Waals surface area contributed by atoms with E-state index in [1.54, 1.807) is 6.07 Å². The Labute approximate surface area is 173 Å². The van der Waals surface area contributed by atoms with Gasteiger partial charge in [-0.05, 0) is 36.2 Å². The summed E-state index contributed by atoms with van der Waals surface area (Å²) in [6.07, 6.45) is 0.907. The summed E-state index contributed by atoms with van der Waals surface area (Å²) in [5.74, 6) is 0.344. The topological polar surface area (TPSA) is 78.5 Å². The first-order valence-corrected chi connectivity index (χ1v) is 12.3. The summed E-state index contributed by atoms with van der Waals surface area (Å²) in [6, 6.07) is 12.6. The largest absolute Gasteiger partial charge is 0.358 e. The molecule has 2 aromatic rings. The summed E-state index contributed by atoms with van der Waals surface area (Å²) in [6.45, 7) is 4.09. The first kappa shape index (κ1) is 21.3. The Morgan fingerprint density at radius 1 is 1.18 bits per heavy atom. The zero-order valence-electron chi connectivity index (χ0n) is 15.7. The molecule has 2 N–H and O–H groups in total. The van der Waals surface area contributed by atoms with Crippen LogP contribution in [0.5, 0.6) is 0 Å². The molecule has 0 aromatic heterocycles. The summed E-state index contributed by atoms with van der Waals surface area (Å²) in [7, 11) is -5.08. The minimum absolute atomic E-state index is 0.108. The molecule has 0 fully saturated rings. The summed E-state index contributed by atoms with van der Waals surface area (Å²) in [4.78, 5) is 2.50. The molecule has 6 nitrogen and oxygen atoms in total. The molecule has 0 bridgehead atoms. The Morgan fingerprint density at radius 3 is 2.71 bits per heavy atom. The van der Waals surface area contributed by atoms with Gasteiger partial charge in [0.2, 0.25) is 10.0 Å². The maximum Gasteiger partial charge on any atom is 0.241 e. The van der Waals surface area contributed by atoms with Gasteiger partial charge < -0.3 is 10.2 Å². The molecule has 0 saturated carbocycles. The first-order valence-electron chi connectivity index (χ1n) is 9.13. The van der Waals surface area contributed by atoms with Gasteiger partial charge in [0.05, 0.1) is 27.3 Å². The lowest BCUT2D eigenvalue weighted by atomic mass is 10.2. The van der Waals surface area contributed by atoms with Crippen LogP contribution in [0.15, 0.2) is 52.3 Å². The van der Waals surface area contributed by atoms with Crippen LogP contribution in [0.4, 0.5) is 5.69 Å². The average molecular weight is 442 g/mol. The second-order valence-corrected chi connectivity index (χ2v) is 10.1. The number of halogens is 1. The highest BCUT2D eigenvalue weighted by atomic mass is 35.5. The highest BCUT2D eigenvalue weighted by molar-refractivity contribution is 7.91. The van der Waals surface area contributed by atoms with E-state index in [0.717, 1.165) is 24.2 Å². The van der Waals surface area contributed by atoms with E-state index in [1.807, 2.05) is 42.2 Å². The summed E-state index contributed by atoms with van der Waals surface area (Å²) >= 11 is 5.95. The fourth-order valence-electron chi connectivity index (χ4n) is 3.16. The quantitative estimate of drug-likeness (QED) is 0.585. The van der Waals surface area contributed by atoms with Crippen molar-refractivity contribution in [2.45, 2.75) is 29.7 Å². The predicted octanol–water partition coefficient (Wildman–Crippen LogP) is 2.70. The van der Waals surface area contributed by atoms with E-state index in [-0.39, 0.29) is 11.4 Å². The minimum atomic E-state index is -3.74. The average Bonchev–Trinajstić information content (AvgIpc) is 2.98. The van der Waals surface area contributed by atoms with Crippen LogP contribution in [-0.2, 0) is 27.4 Å². The van der Waals surface area contributed by atoms with Crippen molar-refractivity contribution >= 4 is 38.1 Å². The summed E-state index contributed by atoms with van der Waals surface area (Å²) < 4.78 is 40.7. The standard InChI is InChI=1S/C19H24ClN3O3S2/c1-2-11-23-14-27(24)19-17(23)7-4-8-18(19)28(25,26)22-10-9-21-13-15-5-3-6-16(20)12-15/h3-8,12,21-22H,2,9-11,13-14H2,1H3. The van der Waals surface area contributed by atoms with E-state index in [1.165, 1.54) is 6.07 Å². The fraction of sp³-hybridized carbons (Fsp3) is 0.368. The van der Waals surface area contributed by atoms with Crippen LogP contribution in [0.2, 0.25) is 5.02 Å². The van der Waals surface area contributed by atoms with Crippen LogP contribution in [0.1, 0.15) is 18.9 Å². The molecule has 1 heterocycles. The highest BCUT2D eigenvalue weighted by Gasteiger charge is 2.32. The number of benzene rings is 2. The van der Waals surface area contributed by atoms with Crippen molar-refractivity contribution in [1.29, 1.82) is 0 Å². The van der Waals surface area contributed by atoms with E-state index in [4.69, 9.17) is 11.6 Å². The number of hydrogen-bond donors (Lipinski definition) is 2. The van der Waals surface area contributed by atoms with Gasteiger partial charge in [0, 0.05) is 31.2 Å². The number of nitrogens with one attached hydrogen (secondary N) is 2. The van der Waals surface area contributed by atoms with E-state index >= 15 is 0 Å². The van der Waals surface area contributed by atoms with Gasteiger partial charge in [-0.1, -0.05) is 36.7 Å². The zero-order chi connectivity index (χ0) is 20.1. The molecule has 1 atom stereocenters. The van der Waals surface area contributed by atoms with Gasteiger partial charge in [-0.3, -0.25) is 4.21 Å². The Morgan fingerprint density at radius 2 is 1.96 bits per heavy atom. The Kier molecular flexibility index (Phi) is 7.11. The first-order chi connectivity index (χ1) is 13.4. The molecule has 0 saturated heterocycles. The Balaban J connectivity index is 1.62. The molecule has 152 valence electrons. The molecule has 1 aliphatic heterocycles. The maximum absolute atomic E-state index is 12.8. The number of sulfonamides is 1. The summed E-state index contributed by atoms with van der Waals surface area (Å²) in [5.41, 5.74) is 1.78. The van der Waals surface area contributed by atoms with Crippen LogP contribution in [0.3, 0.4) is 0 Å². The molecule has 1 aliphatic rings. The van der Waals surface area contributed by atoms with Gasteiger partial charge >= 0.3 is 0 Å². The number of rotatable bonds is 9. The highest BCUT2D eigenvalue weighted by Crippen LogP contribution is 2.36. The van der Waals surface area contributed by atoms with Crippen LogP contribution in [-0.4, -0.2) is 38.1 Å². The second-order valence-electron chi connectivity index (χ2n) is 6.55. The third-order valence-corrected chi connectivity index (χ3v) is 7.69. The van der Waals surface area contributed by atoms with E-state index in [9.17, 15) is 12.6 Å². The molecule has 2 aromatic carbocycles. The molecule has 28 heavy (non-hydrogen) atoms. The van der Waals surface area contributed by atoms with Crippen molar-refractivity contribution in [2.24, 2.45) is 0 Å². The van der Waals surface area contributed by atoms with Crippen molar-refractivity contribution < 1.29 is 12.6 Å². The van der Waals surface area contributed by atoms with Gasteiger partial charge in [0.1, 0.15) is 4.90 Å². The van der Waals surface area contributed by atoms with Crippen molar-refractivity contribution in [2.75, 3.05) is 30.4 Å². The number of nitrogens with zero attached hydrogens (tertiary/aromatic N) is 1. The lowest BCUT2D eigenvalue weighted by Crippen LogP contribution is -2.32. The van der Waals surface area contributed by atoms with E-state index in [2.05, 4.69) is 10.0 Å². The van der Waals surface area contributed by atoms with Crippen molar-refractivity contribution in [3.05, 3.63) is 53.1 Å². The molecule has 9 heteroatoms. The normalized spacial score (nSPS) is 16.4. The monoisotopic (exact) mass is 441 g/mol. The molecular weight excluding hydrogens is 418 g/mol.